The SMILES string of the molecule is Cc1ccc2nc(CCCl)n(C3CCOC(C)(C)C3)c2n1. The highest BCUT2D eigenvalue weighted by Gasteiger charge is 2.32. The van der Waals surface area contributed by atoms with Gasteiger partial charge in [0.25, 0.3) is 0 Å². The first kappa shape index (κ1) is 14.8. The highest BCUT2D eigenvalue weighted by molar-refractivity contribution is 6.17. The fourth-order valence-electron chi connectivity index (χ4n) is 3.18. The molecule has 2 aromatic rings. The standard InChI is InChI=1S/C16H22ClN3O/c1-11-4-5-13-15(18-11)20(14(19-13)6-8-17)12-7-9-21-16(2,3)10-12/h4-5,12H,6-10H2,1-3H3. The van der Waals surface area contributed by atoms with Crippen LogP contribution in [-0.4, -0.2) is 32.6 Å². The molecule has 0 bridgehead atoms. The molecule has 0 aliphatic carbocycles. The van der Waals surface area contributed by atoms with E-state index in [1.807, 2.05) is 13.0 Å². The highest BCUT2D eigenvalue weighted by atomic mass is 35.5. The molecule has 114 valence electrons. The van der Waals surface area contributed by atoms with Crippen LogP contribution in [0.25, 0.3) is 11.2 Å². The van der Waals surface area contributed by atoms with Gasteiger partial charge in [-0.25, -0.2) is 9.97 Å². The summed E-state index contributed by atoms with van der Waals surface area (Å²) >= 11 is 5.96. The molecule has 0 aromatic carbocycles. The minimum atomic E-state index is -0.0957. The van der Waals surface area contributed by atoms with Crippen LogP contribution < -0.4 is 0 Å². The maximum Gasteiger partial charge on any atom is 0.160 e. The Labute approximate surface area is 130 Å². The number of aryl methyl sites for hydroxylation is 2. The molecule has 0 spiro atoms. The van der Waals surface area contributed by atoms with Gasteiger partial charge in [-0.2, -0.15) is 0 Å². The molecular weight excluding hydrogens is 286 g/mol. The number of nitrogens with zero attached hydrogens (tertiary/aromatic N) is 3. The van der Waals surface area contributed by atoms with Gasteiger partial charge in [-0.1, -0.05) is 0 Å². The summed E-state index contributed by atoms with van der Waals surface area (Å²) in [4.78, 5) is 9.46. The predicted molar refractivity (Wildman–Crippen MR) is 85.0 cm³/mol. The van der Waals surface area contributed by atoms with Crippen LogP contribution in [0, 0.1) is 6.92 Å². The summed E-state index contributed by atoms with van der Waals surface area (Å²) in [6.07, 6.45) is 2.75. The minimum absolute atomic E-state index is 0.0957. The van der Waals surface area contributed by atoms with Gasteiger partial charge >= 0.3 is 0 Å². The molecule has 5 heteroatoms. The van der Waals surface area contributed by atoms with E-state index in [2.05, 4.69) is 24.5 Å². The molecule has 1 fully saturated rings. The third-order valence-corrected chi connectivity index (χ3v) is 4.29. The molecule has 21 heavy (non-hydrogen) atoms. The number of rotatable bonds is 3. The van der Waals surface area contributed by atoms with Gasteiger partial charge in [0.15, 0.2) is 5.65 Å². The smallest absolute Gasteiger partial charge is 0.160 e. The average molecular weight is 308 g/mol. The van der Waals surface area contributed by atoms with Gasteiger partial charge < -0.3 is 9.30 Å². The van der Waals surface area contributed by atoms with Crippen LogP contribution in [0.2, 0.25) is 0 Å². The normalized spacial score (nSPS) is 21.8. The molecule has 0 saturated carbocycles. The Balaban J connectivity index is 2.09. The molecular formula is C16H22ClN3O. The van der Waals surface area contributed by atoms with Gasteiger partial charge in [0, 0.05) is 30.6 Å². The maximum absolute atomic E-state index is 5.96. The Morgan fingerprint density at radius 1 is 1.38 bits per heavy atom. The summed E-state index contributed by atoms with van der Waals surface area (Å²) in [7, 11) is 0. The van der Waals surface area contributed by atoms with Crippen LogP contribution in [0.15, 0.2) is 12.1 Å². The first-order chi connectivity index (χ1) is 10.00. The summed E-state index contributed by atoms with van der Waals surface area (Å²) in [5.74, 6) is 1.62. The zero-order valence-corrected chi connectivity index (χ0v) is 13.7. The number of fused-ring (bicyclic) bond motifs is 1. The topological polar surface area (TPSA) is 39.9 Å². The number of imidazole rings is 1. The Bertz CT molecular complexity index is 650. The van der Waals surface area contributed by atoms with E-state index < -0.39 is 0 Å². The molecule has 0 amide bonds. The van der Waals surface area contributed by atoms with E-state index in [1.165, 1.54) is 0 Å². The van der Waals surface area contributed by atoms with E-state index in [0.29, 0.717) is 11.9 Å². The monoisotopic (exact) mass is 307 g/mol. The Morgan fingerprint density at radius 2 is 2.19 bits per heavy atom. The number of pyridine rings is 1. The van der Waals surface area contributed by atoms with Gasteiger partial charge in [-0.05, 0) is 45.7 Å². The summed E-state index contributed by atoms with van der Waals surface area (Å²) in [5, 5.41) is 0. The largest absolute Gasteiger partial charge is 0.375 e. The van der Waals surface area contributed by atoms with Gasteiger partial charge in [-0.15, -0.1) is 11.6 Å². The van der Waals surface area contributed by atoms with Crippen molar-refractivity contribution < 1.29 is 4.74 Å². The molecule has 0 radical (unpaired) electrons. The van der Waals surface area contributed by atoms with E-state index in [0.717, 1.165) is 48.6 Å². The van der Waals surface area contributed by atoms with Crippen molar-refractivity contribution in [3.05, 3.63) is 23.7 Å². The molecule has 2 aromatic heterocycles. The molecule has 0 N–H and O–H groups in total. The Morgan fingerprint density at radius 3 is 2.90 bits per heavy atom. The van der Waals surface area contributed by atoms with Crippen molar-refractivity contribution in [1.82, 2.24) is 14.5 Å². The van der Waals surface area contributed by atoms with Crippen LogP contribution in [0.1, 0.15) is 44.2 Å². The van der Waals surface area contributed by atoms with E-state index >= 15 is 0 Å². The van der Waals surface area contributed by atoms with Crippen LogP contribution >= 0.6 is 11.6 Å². The summed E-state index contributed by atoms with van der Waals surface area (Å²) in [6.45, 7) is 7.10. The lowest BCUT2D eigenvalue weighted by Crippen LogP contribution is -2.35. The van der Waals surface area contributed by atoms with Crippen LogP contribution in [-0.2, 0) is 11.2 Å². The molecule has 1 saturated heterocycles. The predicted octanol–water partition coefficient (Wildman–Crippen LogP) is 3.65. The molecule has 4 nitrogen and oxygen atoms in total. The third-order valence-electron chi connectivity index (χ3n) is 4.10. The van der Waals surface area contributed by atoms with Crippen LogP contribution in [0.5, 0.6) is 0 Å². The van der Waals surface area contributed by atoms with Gasteiger partial charge in [0.1, 0.15) is 11.3 Å². The second-order valence-electron chi connectivity index (χ2n) is 6.39. The lowest BCUT2D eigenvalue weighted by Gasteiger charge is -2.36. The number of aromatic nitrogens is 3. The van der Waals surface area contributed by atoms with Crippen molar-refractivity contribution in [3.8, 4) is 0 Å². The van der Waals surface area contributed by atoms with Crippen molar-refractivity contribution in [2.24, 2.45) is 0 Å². The van der Waals surface area contributed by atoms with Crippen molar-refractivity contribution in [1.29, 1.82) is 0 Å². The number of alkyl halides is 1. The van der Waals surface area contributed by atoms with Crippen molar-refractivity contribution in [2.75, 3.05) is 12.5 Å². The number of halogens is 1. The minimum Gasteiger partial charge on any atom is -0.375 e. The lowest BCUT2D eigenvalue weighted by atomic mass is 9.93. The fraction of sp³-hybridized carbons (Fsp3) is 0.625. The van der Waals surface area contributed by atoms with Crippen LogP contribution in [0.3, 0.4) is 0 Å². The zero-order valence-electron chi connectivity index (χ0n) is 12.9. The lowest BCUT2D eigenvalue weighted by molar-refractivity contribution is -0.0689. The molecule has 1 atom stereocenters. The first-order valence-corrected chi connectivity index (χ1v) is 8.08. The van der Waals surface area contributed by atoms with Crippen LogP contribution in [0.4, 0.5) is 0 Å². The first-order valence-electron chi connectivity index (χ1n) is 7.54. The van der Waals surface area contributed by atoms with Crippen molar-refractivity contribution in [2.45, 2.75) is 51.7 Å². The fourth-order valence-corrected chi connectivity index (χ4v) is 3.35. The molecule has 3 rings (SSSR count). The molecule has 3 heterocycles. The summed E-state index contributed by atoms with van der Waals surface area (Å²) < 4.78 is 8.15. The maximum atomic E-state index is 5.96. The van der Waals surface area contributed by atoms with E-state index in [9.17, 15) is 0 Å². The van der Waals surface area contributed by atoms with E-state index in [-0.39, 0.29) is 5.60 Å². The quantitative estimate of drug-likeness (QED) is 0.813. The molecule has 1 aliphatic heterocycles. The highest BCUT2D eigenvalue weighted by Crippen LogP contribution is 2.34. The summed E-state index contributed by atoms with van der Waals surface area (Å²) in [5.41, 5.74) is 2.87. The van der Waals surface area contributed by atoms with E-state index in [4.69, 9.17) is 26.3 Å². The number of hydrogen-bond acceptors (Lipinski definition) is 3. The molecule has 1 aliphatic rings. The zero-order chi connectivity index (χ0) is 15.0. The average Bonchev–Trinajstić information content (AvgIpc) is 2.75. The Kier molecular flexibility index (Phi) is 3.93. The third kappa shape index (κ3) is 2.92. The second-order valence-corrected chi connectivity index (χ2v) is 6.77. The van der Waals surface area contributed by atoms with Gasteiger partial charge in [0.05, 0.1) is 5.60 Å². The number of hydrogen-bond donors (Lipinski definition) is 0. The van der Waals surface area contributed by atoms with Gasteiger partial charge in [-0.3, -0.25) is 0 Å². The van der Waals surface area contributed by atoms with E-state index in [1.54, 1.807) is 0 Å². The van der Waals surface area contributed by atoms with Gasteiger partial charge in [0.2, 0.25) is 0 Å². The second kappa shape index (κ2) is 5.58. The molecule has 1 unspecified atom stereocenters. The summed E-state index contributed by atoms with van der Waals surface area (Å²) in [6, 6.07) is 4.44. The number of ether oxygens (including phenoxy) is 1. The van der Waals surface area contributed by atoms with Crippen molar-refractivity contribution in [3.63, 3.8) is 0 Å². The Hall–Kier alpha value is -1.13. The van der Waals surface area contributed by atoms with Crippen molar-refractivity contribution >= 4 is 22.8 Å².